The van der Waals surface area contributed by atoms with Gasteiger partial charge in [0, 0.05) is 24.5 Å². The van der Waals surface area contributed by atoms with Gasteiger partial charge in [-0.25, -0.2) is 0 Å². The summed E-state index contributed by atoms with van der Waals surface area (Å²) in [4.78, 5) is 4.25. The predicted octanol–water partition coefficient (Wildman–Crippen LogP) is 2.13. The van der Waals surface area contributed by atoms with Gasteiger partial charge < -0.3 is 5.73 Å². The first-order valence-electron chi connectivity index (χ1n) is 4.75. The number of allylic oxidation sites excluding steroid dienone is 3. The van der Waals surface area contributed by atoms with Crippen molar-refractivity contribution in [3.63, 3.8) is 0 Å². The maximum absolute atomic E-state index is 5.50. The number of nitrogens with two attached hydrogens (primary N) is 1. The molecule has 1 aliphatic carbocycles. The molecule has 0 aliphatic heterocycles. The molecule has 72 valence electrons. The van der Waals surface area contributed by atoms with Gasteiger partial charge in [-0.3, -0.25) is 4.99 Å². The first kappa shape index (κ1) is 10.0. The molecule has 0 fully saturated rings. The van der Waals surface area contributed by atoms with E-state index in [-0.39, 0.29) is 0 Å². The Morgan fingerprint density at radius 2 is 2.31 bits per heavy atom. The molecule has 13 heavy (non-hydrogen) atoms. The fourth-order valence-corrected chi connectivity index (χ4v) is 1.56. The summed E-state index contributed by atoms with van der Waals surface area (Å²) in [6.45, 7) is 4.47. The zero-order valence-electron chi connectivity index (χ0n) is 8.62. The van der Waals surface area contributed by atoms with Crippen LogP contribution in [0.15, 0.2) is 28.9 Å². The van der Waals surface area contributed by atoms with E-state index in [4.69, 9.17) is 5.73 Å². The lowest BCUT2D eigenvalue weighted by Crippen LogP contribution is -2.18. The normalized spacial score (nSPS) is 29.1. The predicted molar refractivity (Wildman–Crippen MR) is 57.7 cm³/mol. The zero-order valence-corrected chi connectivity index (χ0v) is 8.62. The first-order chi connectivity index (χ1) is 6.19. The fraction of sp³-hybridized carbons (Fsp3) is 0.545. The highest BCUT2D eigenvalue weighted by Crippen LogP contribution is 2.25. The zero-order chi connectivity index (χ0) is 9.84. The highest BCUT2D eigenvalue weighted by Gasteiger charge is 2.18. The molecule has 2 N–H and O–H groups in total. The summed E-state index contributed by atoms with van der Waals surface area (Å²) in [6.07, 6.45) is 6.97. The lowest BCUT2D eigenvalue weighted by atomic mass is 9.84. The van der Waals surface area contributed by atoms with Crippen molar-refractivity contribution in [3.05, 3.63) is 23.9 Å². The van der Waals surface area contributed by atoms with Crippen LogP contribution < -0.4 is 5.73 Å². The van der Waals surface area contributed by atoms with Crippen LogP contribution in [0.1, 0.15) is 20.3 Å². The molecule has 0 heterocycles. The molecule has 2 nitrogen and oxygen atoms in total. The molecule has 1 aliphatic rings. The summed E-state index contributed by atoms with van der Waals surface area (Å²) in [7, 11) is 1.83. The number of nitrogens with zero attached hydrogens (tertiary/aromatic N) is 1. The van der Waals surface area contributed by atoms with Crippen molar-refractivity contribution in [2.75, 3.05) is 7.05 Å². The third-order valence-electron chi connectivity index (χ3n) is 2.59. The lowest BCUT2D eigenvalue weighted by molar-refractivity contribution is 0.477. The first-order valence-corrected chi connectivity index (χ1v) is 4.75. The van der Waals surface area contributed by atoms with E-state index in [1.807, 2.05) is 7.05 Å². The molecule has 0 spiro atoms. The molecular weight excluding hydrogens is 160 g/mol. The van der Waals surface area contributed by atoms with Gasteiger partial charge in [0.2, 0.25) is 0 Å². The topological polar surface area (TPSA) is 38.4 Å². The van der Waals surface area contributed by atoms with Gasteiger partial charge in [0.25, 0.3) is 0 Å². The molecule has 0 radical (unpaired) electrons. The Hall–Kier alpha value is -1.05. The van der Waals surface area contributed by atoms with E-state index in [0.717, 1.165) is 17.7 Å². The van der Waals surface area contributed by atoms with E-state index >= 15 is 0 Å². The molecule has 0 amide bonds. The number of hydrogen-bond donors (Lipinski definition) is 1. The molecule has 0 saturated carbocycles. The smallest absolute Gasteiger partial charge is 0.0437 e. The molecular formula is C11H18N2. The van der Waals surface area contributed by atoms with Crippen LogP contribution >= 0.6 is 0 Å². The Kier molecular flexibility index (Phi) is 3.29. The molecule has 0 aromatic heterocycles. The Balaban J connectivity index is 2.86. The van der Waals surface area contributed by atoms with Crippen molar-refractivity contribution in [2.45, 2.75) is 20.3 Å². The van der Waals surface area contributed by atoms with Crippen molar-refractivity contribution in [3.8, 4) is 0 Å². The molecule has 0 aromatic carbocycles. The summed E-state index contributed by atoms with van der Waals surface area (Å²) in [5.74, 6) is 1.29. The second kappa shape index (κ2) is 4.26. The van der Waals surface area contributed by atoms with Crippen molar-refractivity contribution < 1.29 is 0 Å². The van der Waals surface area contributed by atoms with Crippen LogP contribution in [0.4, 0.5) is 0 Å². The Labute approximate surface area is 80.2 Å². The third kappa shape index (κ3) is 2.20. The van der Waals surface area contributed by atoms with Crippen LogP contribution in [-0.2, 0) is 0 Å². The van der Waals surface area contributed by atoms with Gasteiger partial charge in [-0.2, -0.15) is 0 Å². The Morgan fingerprint density at radius 3 is 2.77 bits per heavy atom. The summed E-state index contributed by atoms with van der Waals surface area (Å²) < 4.78 is 0. The third-order valence-corrected chi connectivity index (χ3v) is 2.59. The summed E-state index contributed by atoms with van der Waals surface area (Å²) in [5.41, 5.74) is 7.69. The van der Waals surface area contributed by atoms with Crippen LogP contribution in [0, 0.1) is 11.8 Å². The molecule has 0 bridgehead atoms. The van der Waals surface area contributed by atoms with Gasteiger partial charge in [0.05, 0.1) is 0 Å². The van der Waals surface area contributed by atoms with Crippen LogP contribution in [0.25, 0.3) is 0 Å². The molecule has 2 heteroatoms. The molecule has 1 unspecified atom stereocenters. The van der Waals surface area contributed by atoms with E-state index in [0.29, 0.717) is 11.8 Å². The van der Waals surface area contributed by atoms with E-state index < -0.39 is 0 Å². The van der Waals surface area contributed by atoms with Gasteiger partial charge in [-0.05, 0) is 18.3 Å². The van der Waals surface area contributed by atoms with Crippen molar-refractivity contribution in [1.29, 1.82) is 0 Å². The number of aliphatic imine (C=N–C) groups is 1. The maximum Gasteiger partial charge on any atom is 0.0437 e. The van der Waals surface area contributed by atoms with Crippen molar-refractivity contribution >= 4 is 5.71 Å². The number of rotatable bonds is 1. The SMILES string of the molecule is CN=C1CC(C(C)C)C=CC1=CN. The standard InChI is InChI=1S/C11H18N2/c1-8(2)9-4-5-10(7-12)11(6-9)13-3/h4-5,7-9H,6,12H2,1-3H3. The van der Waals surface area contributed by atoms with Crippen LogP contribution in [0.5, 0.6) is 0 Å². The van der Waals surface area contributed by atoms with E-state index in [1.165, 1.54) is 0 Å². The highest BCUT2D eigenvalue weighted by atomic mass is 14.7. The minimum Gasteiger partial charge on any atom is -0.404 e. The van der Waals surface area contributed by atoms with Crippen LogP contribution in [-0.4, -0.2) is 12.8 Å². The highest BCUT2D eigenvalue weighted by molar-refractivity contribution is 6.03. The molecule has 1 atom stereocenters. The van der Waals surface area contributed by atoms with Gasteiger partial charge in [-0.1, -0.05) is 26.0 Å². The van der Waals surface area contributed by atoms with Gasteiger partial charge in [0.1, 0.15) is 0 Å². The van der Waals surface area contributed by atoms with E-state index in [1.54, 1.807) is 6.20 Å². The minimum absolute atomic E-state index is 0.613. The van der Waals surface area contributed by atoms with Gasteiger partial charge >= 0.3 is 0 Å². The van der Waals surface area contributed by atoms with Crippen molar-refractivity contribution in [1.82, 2.24) is 0 Å². The fourth-order valence-electron chi connectivity index (χ4n) is 1.56. The van der Waals surface area contributed by atoms with Gasteiger partial charge in [0.15, 0.2) is 0 Å². The summed E-state index contributed by atoms with van der Waals surface area (Å²) in [6, 6.07) is 0. The Morgan fingerprint density at radius 1 is 1.62 bits per heavy atom. The summed E-state index contributed by atoms with van der Waals surface area (Å²) >= 11 is 0. The summed E-state index contributed by atoms with van der Waals surface area (Å²) in [5, 5.41) is 0. The largest absolute Gasteiger partial charge is 0.404 e. The van der Waals surface area contributed by atoms with E-state index in [2.05, 4.69) is 31.0 Å². The van der Waals surface area contributed by atoms with Crippen LogP contribution in [0.2, 0.25) is 0 Å². The second-order valence-corrected chi connectivity index (χ2v) is 3.76. The quantitative estimate of drug-likeness (QED) is 0.656. The monoisotopic (exact) mass is 178 g/mol. The molecule has 0 aromatic rings. The van der Waals surface area contributed by atoms with Crippen molar-refractivity contribution in [2.24, 2.45) is 22.6 Å². The van der Waals surface area contributed by atoms with Crippen LogP contribution in [0.3, 0.4) is 0 Å². The number of hydrogen-bond acceptors (Lipinski definition) is 2. The second-order valence-electron chi connectivity index (χ2n) is 3.76. The average molecular weight is 178 g/mol. The molecule has 0 saturated heterocycles. The maximum atomic E-state index is 5.50. The van der Waals surface area contributed by atoms with Gasteiger partial charge in [-0.15, -0.1) is 0 Å². The van der Waals surface area contributed by atoms with E-state index in [9.17, 15) is 0 Å². The lowest BCUT2D eigenvalue weighted by Gasteiger charge is -2.22. The molecule has 1 rings (SSSR count). The minimum atomic E-state index is 0.613. The Bertz CT molecular complexity index is 259. The average Bonchev–Trinajstić information content (AvgIpc) is 2.16.